The molecule has 0 aliphatic rings. The van der Waals surface area contributed by atoms with E-state index >= 15 is 0 Å². The third kappa shape index (κ3) is 5.67. The zero-order valence-corrected chi connectivity index (χ0v) is 13.9. The minimum absolute atomic E-state index is 0.0496. The number of hydrogen-bond acceptors (Lipinski definition) is 3. The Morgan fingerprint density at radius 3 is 2.59 bits per heavy atom. The van der Waals surface area contributed by atoms with Crippen molar-refractivity contribution in [2.45, 2.75) is 40.0 Å². The fraction of sp³-hybridized carbons (Fsp3) is 0.500. The number of unbranched alkanes of at least 4 members (excludes halogenated alkanes) is 1. The second-order valence-corrected chi connectivity index (χ2v) is 5.77. The van der Waals surface area contributed by atoms with Gasteiger partial charge in [-0.1, -0.05) is 27.2 Å². The number of anilines is 1. The Labute approximate surface area is 135 Å². The lowest BCUT2D eigenvalue weighted by Crippen LogP contribution is -2.19. The molecule has 1 amide bonds. The zero-order chi connectivity index (χ0) is 16.7. The number of thiocarbonyl (C=S) groups is 1. The smallest absolute Gasteiger partial charge is 0.227 e. The maximum Gasteiger partial charge on any atom is 0.227 e. The van der Waals surface area contributed by atoms with Crippen LogP contribution in [0.25, 0.3) is 0 Å². The Morgan fingerprint density at radius 2 is 2.00 bits per heavy atom. The summed E-state index contributed by atoms with van der Waals surface area (Å²) in [6, 6.07) is 2.01. The average Bonchev–Trinajstić information content (AvgIpc) is 2.44. The number of hydrogen-bond donors (Lipinski definition) is 1. The van der Waals surface area contributed by atoms with Gasteiger partial charge < -0.3 is 10.1 Å². The highest BCUT2D eigenvalue weighted by molar-refractivity contribution is 7.80. The van der Waals surface area contributed by atoms with Crippen LogP contribution in [0.1, 0.15) is 39.2 Å². The molecule has 1 aromatic rings. The van der Waals surface area contributed by atoms with Crippen LogP contribution in [0.15, 0.2) is 12.1 Å². The van der Waals surface area contributed by atoms with Gasteiger partial charge in [-0.25, -0.2) is 8.78 Å². The number of carbonyl (C=O) groups is 1. The van der Waals surface area contributed by atoms with Gasteiger partial charge in [0.1, 0.15) is 11.6 Å². The lowest BCUT2D eigenvalue weighted by Gasteiger charge is -2.12. The molecular formula is C16H21F2NO2S. The van der Waals surface area contributed by atoms with E-state index in [-0.39, 0.29) is 34.5 Å². The standard InChI is InChI=1S/C16H21F2NO2S/c1-4-5-6-21-15(22)8-11-7-14(13(18)9-12(11)17)19-16(20)10(2)3/h7,9-10H,4-6,8H2,1-3H3,(H,19,20). The quantitative estimate of drug-likeness (QED) is 0.600. The lowest BCUT2D eigenvalue weighted by molar-refractivity contribution is -0.118. The average molecular weight is 329 g/mol. The molecule has 6 heteroatoms. The highest BCUT2D eigenvalue weighted by Crippen LogP contribution is 2.21. The molecule has 1 aromatic carbocycles. The minimum atomic E-state index is -0.812. The molecule has 0 unspecified atom stereocenters. The van der Waals surface area contributed by atoms with Crippen LogP contribution in [0, 0.1) is 17.6 Å². The molecule has 1 N–H and O–H groups in total. The third-order valence-corrected chi connectivity index (χ3v) is 3.28. The maximum atomic E-state index is 13.8. The van der Waals surface area contributed by atoms with Gasteiger partial charge in [-0.2, -0.15) is 0 Å². The molecule has 0 bridgehead atoms. The summed E-state index contributed by atoms with van der Waals surface area (Å²) in [5.41, 5.74) is 0.147. The Kier molecular flexibility index (Phi) is 7.38. The molecule has 0 saturated heterocycles. The van der Waals surface area contributed by atoms with Gasteiger partial charge in [0.25, 0.3) is 0 Å². The van der Waals surface area contributed by atoms with Gasteiger partial charge in [-0.05, 0) is 30.3 Å². The fourth-order valence-electron chi connectivity index (χ4n) is 1.64. The van der Waals surface area contributed by atoms with Gasteiger partial charge in [0, 0.05) is 18.4 Å². The molecule has 0 atom stereocenters. The van der Waals surface area contributed by atoms with E-state index in [1.807, 2.05) is 6.92 Å². The predicted molar refractivity (Wildman–Crippen MR) is 87.0 cm³/mol. The first kappa shape index (κ1) is 18.5. The highest BCUT2D eigenvalue weighted by atomic mass is 32.1. The Bertz CT molecular complexity index is 547. The summed E-state index contributed by atoms with van der Waals surface area (Å²) in [6.07, 6.45) is 1.90. The molecule has 22 heavy (non-hydrogen) atoms. The first-order chi connectivity index (χ1) is 10.3. The van der Waals surface area contributed by atoms with Gasteiger partial charge in [-0.15, -0.1) is 0 Å². The molecule has 3 nitrogen and oxygen atoms in total. The van der Waals surface area contributed by atoms with Crippen molar-refractivity contribution < 1.29 is 18.3 Å². The van der Waals surface area contributed by atoms with Crippen molar-refractivity contribution >= 4 is 28.9 Å². The number of nitrogens with one attached hydrogen (secondary N) is 1. The number of ether oxygens (including phenoxy) is 1. The van der Waals surface area contributed by atoms with E-state index in [0.29, 0.717) is 6.61 Å². The molecule has 0 aliphatic carbocycles. The summed E-state index contributed by atoms with van der Waals surface area (Å²) in [7, 11) is 0. The van der Waals surface area contributed by atoms with Crippen molar-refractivity contribution in [3.05, 3.63) is 29.3 Å². The largest absolute Gasteiger partial charge is 0.487 e. The highest BCUT2D eigenvalue weighted by Gasteiger charge is 2.15. The van der Waals surface area contributed by atoms with Gasteiger partial charge >= 0.3 is 0 Å². The normalized spacial score (nSPS) is 10.6. The maximum absolute atomic E-state index is 13.8. The zero-order valence-electron chi connectivity index (χ0n) is 13.0. The van der Waals surface area contributed by atoms with Crippen LogP contribution >= 0.6 is 12.2 Å². The van der Waals surface area contributed by atoms with Gasteiger partial charge in [0.15, 0.2) is 5.05 Å². The third-order valence-electron chi connectivity index (χ3n) is 3.01. The molecule has 1 rings (SSSR count). The van der Waals surface area contributed by atoms with Crippen LogP contribution < -0.4 is 5.32 Å². The molecule has 122 valence electrons. The minimum Gasteiger partial charge on any atom is -0.487 e. The molecular weight excluding hydrogens is 308 g/mol. The second kappa shape index (κ2) is 8.78. The monoisotopic (exact) mass is 329 g/mol. The van der Waals surface area contributed by atoms with Crippen LogP contribution in [0.4, 0.5) is 14.5 Å². The molecule has 0 spiro atoms. The van der Waals surface area contributed by atoms with E-state index in [1.165, 1.54) is 6.07 Å². The van der Waals surface area contributed by atoms with Crippen molar-refractivity contribution in [2.75, 3.05) is 11.9 Å². The topological polar surface area (TPSA) is 38.3 Å². The van der Waals surface area contributed by atoms with Gasteiger partial charge in [0.05, 0.1) is 12.3 Å². The number of halogens is 2. The predicted octanol–water partition coefficient (Wildman–Crippen LogP) is 4.25. The Morgan fingerprint density at radius 1 is 1.32 bits per heavy atom. The van der Waals surface area contributed by atoms with Crippen molar-refractivity contribution in [3.8, 4) is 0 Å². The van der Waals surface area contributed by atoms with Crippen LogP contribution in [0.5, 0.6) is 0 Å². The summed E-state index contributed by atoms with van der Waals surface area (Å²) in [5, 5.41) is 2.69. The summed E-state index contributed by atoms with van der Waals surface area (Å²) >= 11 is 5.04. The number of carbonyl (C=O) groups excluding carboxylic acids is 1. The van der Waals surface area contributed by atoms with Crippen molar-refractivity contribution in [1.82, 2.24) is 0 Å². The SMILES string of the molecule is CCCCOC(=S)Cc1cc(NC(=O)C(C)C)c(F)cc1F. The van der Waals surface area contributed by atoms with E-state index in [2.05, 4.69) is 5.32 Å². The van der Waals surface area contributed by atoms with Crippen molar-refractivity contribution in [1.29, 1.82) is 0 Å². The first-order valence-corrected chi connectivity index (χ1v) is 7.70. The summed E-state index contributed by atoms with van der Waals surface area (Å²) in [6.45, 7) is 5.88. The van der Waals surface area contributed by atoms with Crippen LogP contribution in [-0.4, -0.2) is 17.6 Å². The molecule has 0 aliphatic heterocycles. The summed E-state index contributed by atoms with van der Waals surface area (Å²) in [5.74, 6) is -2.15. The molecule has 0 heterocycles. The molecule has 0 fully saturated rings. The van der Waals surface area contributed by atoms with Crippen molar-refractivity contribution in [3.63, 3.8) is 0 Å². The number of benzene rings is 1. The van der Waals surface area contributed by atoms with E-state index in [9.17, 15) is 13.6 Å². The summed E-state index contributed by atoms with van der Waals surface area (Å²) < 4.78 is 32.8. The van der Waals surface area contributed by atoms with Crippen molar-refractivity contribution in [2.24, 2.45) is 5.92 Å². The van der Waals surface area contributed by atoms with E-state index < -0.39 is 11.6 Å². The lowest BCUT2D eigenvalue weighted by atomic mass is 10.1. The van der Waals surface area contributed by atoms with E-state index in [1.54, 1.807) is 13.8 Å². The first-order valence-electron chi connectivity index (χ1n) is 7.29. The number of rotatable bonds is 7. The van der Waals surface area contributed by atoms with Gasteiger partial charge in [0.2, 0.25) is 5.91 Å². The van der Waals surface area contributed by atoms with E-state index in [4.69, 9.17) is 17.0 Å². The fourth-order valence-corrected chi connectivity index (χ4v) is 1.88. The summed E-state index contributed by atoms with van der Waals surface area (Å²) in [4.78, 5) is 11.6. The number of amides is 1. The van der Waals surface area contributed by atoms with Crippen LogP contribution in [0.2, 0.25) is 0 Å². The Hall–Kier alpha value is -1.56. The Balaban J connectivity index is 2.82. The second-order valence-electron chi connectivity index (χ2n) is 5.32. The molecule has 0 radical (unpaired) electrons. The molecule has 0 aromatic heterocycles. The van der Waals surface area contributed by atoms with Crippen LogP contribution in [0.3, 0.4) is 0 Å². The van der Waals surface area contributed by atoms with Crippen LogP contribution in [-0.2, 0) is 16.0 Å². The van der Waals surface area contributed by atoms with E-state index in [0.717, 1.165) is 18.9 Å². The molecule has 0 saturated carbocycles. The van der Waals surface area contributed by atoms with Gasteiger partial charge in [-0.3, -0.25) is 4.79 Å².